The van der Waals surface area contributed by atoms with Crippen LogP contribution in [0, 0.1) is 0 Å². The molecule has 3 aromatic heterocycles. The standard InChI is InChI=1S/C22H23ClN6O/c23-16-4-1-8-27-21(16)18-6-5-17(25)22(28-18)20(30)11-14-12-26-9-7-19(14)29-10-2-3-15(24)13-29/h1,4-9,12,15H,2-3,10-11,13,24-25H2/t15-/m0/s1. The SMILES string of the molecule is Nc1ccc(-c2ncccc2Cl)nc1C(=O)Cc1cnccc1N1CCC[C@H](N)C1. The maximum absolute atomic E-state index is 13.1. The van der Waals surface area contributed by atoms with Crippen LogP contribution in [0.4, 0.5) is 11.4 Å². The van der Waals surface area contributed by atoms with Crippen LogP contribution in [0.3, 0.4) is 0 Å². The Morgan fingerprint density at radius 3 is 2.90 bits per heavy atom. The molecule has 1 saturated heterocycles. The van der Waals surface area contributed by atoms with Crippen LogP contribution in [-0.4, -0.2) is 39.9 Å². The summed E-state index contributed by atoms with van der Waals surface area (Å²) >= 11 is 6.24. The minimum absolute atomic E-state index is 0.132. The second-order valence-corrected chi connectivity index (χ2v) is 7.83. The van der Waals surface area contributed by atoms with Gasteiger partial charge in [0, 0.05) is 55.4 Å². The second kappa shape index (κ2) is 8.77. The fourth-order valence-corrected chi connectivity index (χ4v) is 3.97. The van der Waals surface area contributed by atoms with Crippen molar-refractivity contribution in [3.05, 3.63) is 65.2 Å². The zero-order valence-electron chi connectivity index (χ0n) is 16.5. The van der Waals surface area contributed by atoms with Crippen LogP contribution in [0.5, 0.6) is 0 Å². The maximum Gasteiger partial charge on any atom is 0.187 e. The van der Waals surface area contributed by atoms with Gasteiger partial charge in [0.25, 0.3) is 0 Å². The van der Waals surface area contributed by atoms with Crippen LogP contribution in [0.1, 0.15) is 28.9 Å². The number of carbonyl (C=O) groups is 1. The summed E-state index contributed by atoms with van der Waals surface area (Å²) in [6, 6.07) is 8.91. The molecule has 3 aromatic rings. The molecule has 0 radical (unpaired) electrons. The van der Waals surface area contributed by atoms with Crippen LogP contribution in [0.2, 0.25) is 5.02 Å². The van der Waals surface area contributed by atoms with Gasteiger partial charge in [0.2, 0.25) is 0 Å². The third-order valence-corrected chi connectivity index (χ3v) is 5.52. The molecule has 0 spiro atoms. The van der Waals surface area contributed by atoms with Gasteiger partial charge in [-0.3, -0.25) is 14.8 Å². The Balaban J connectivity index is 1.62. The summed E-state index contributed by atoms with van der Waals surface area (Å²) in [6.45, 7) is 1.67. The number of Topliss-reactive ketones (excluding diaryl/α,β-unsaturated/α-hetero) is 1. The fourth-order valence-electron chi connectivity index (χ4n) is 3.75. The summed E-state index contributed by atoms with van der Waals surface area (Å²) < 4.78 is 0. The van der Waals surface area contributed by atoms with Crippen molar-refractivity contribution in [2.45, 2.75) is 25.3 Å². The number of piperidine rings is 1. The Morgan fingerprint density at radius 1 is 1.23 bits per heavy atom. The van der Waals surface area contributed by atoms with E-state index in [9.17, 15) is 4.79 Å². The van der Waals surface area contributed by atoms with Crippen LogP contribution < -0.4 is 16.4 Å². The predicted octanol–water partition coefficient (Wildman–Crippen LogP) is 3.13. The molecule has 7 nitrogen and oxygen atoms in total. The molecule has 4 heterocycles. The molecule has 4 rings (SSSR count). The van der Waals surface area contributed by atoms with Gasteiger partial charge in [-0.25, -0.2) is 4.98 Å². The maximum atomic E-state index is 13.1. The number of nitrogens with zero attached hydrogens (tertiary/aromatic N) is 4. The van der Waals surface area contributed by atoms with Gasteiger partial charge in [-0.1, -0.05) is 11.6 Å². The topological polar surface area (TPSA) is 111 Å². The van der Waals surface area contributed by atoms with E-state index in [1.807, 2.05) is 6.07 Å². The lowest BCUT2D eigenvalue weighted by Crippen LogP contribution is -2.43. The average Bonchev–Trinajstić information content (AvgIpc) is 2.75. The number of carbonyl (C=O) groups excluding carboxylic acids is 1. The lowest BCUT2D eigenvalue weighted by Gasteiger charge is -2.33. The third-order valence-electron chi connectivity index (χ3n) is 5.22. The first-order valence-electron chi connectivity index (χ1n) is 9.87. The summed E-state index contributed by atoms with van der Waals surface area (Å²) in [7, 11) is 0. The highest BCUT2D eigenvalue weighted by Crippen LogP contribution is 2.27. The molecule has 30 heavy (non-hydrogen) atoms. The van der Waals surface area contributed by atoms with Gasteiger partial charge in [-0.2, -0.15) is 0 Å². The Bertz CT molecular complexity index is 1070. The quantitative estimate of drug-likeness (QED) is 0.607. The monoisotopic (exact) mass is 422 g/mol. The van der Waals surface area contributed by atoms with Crippen LogP contribution in [0.25, 0.3) is 11.4 Å². The number of ketones is 1. The first-order valence-corrected chi connectivity index (χ1v) is 10.2. The Kier molecular flexibility index (Phi) is 5.92. The molecule has 0 aromatic carbocycles. The highest BCUT2D eigenvalue weighted by Gasteiger charge is 2.22. The molecule has 1 aliphatic rings. The fraction of sp³-hybridized carbons (Fsp3) is 0.273. The number of hydrogen-bond donors (Lipinski definition) is 2. The van der Waals surface area contributed by atoms with Crippen molar-refractivity contribution in [1.82, 2.24) is 15.0 Å². The lowest BCUT2D eigenvalue weighted by atomic mass is 10.0. The van der Waals surface area contributed by atoms with Gasteiger partial charge in [0.05, 0.1) is 16.4 Å². The summed E-state index contributed by atoms with van der Waals surface area (Å²) in [5.74, 6) is -0.183. The zero-order chi connectivity index (χ0) is 21.1. The predicted molar refractivity (Wildman–Crippen MR) is 119 cm³/mol. The van der Waals surface area contributed by atoms with Crippen LogP contribution in [0.15, 0.2) is 48.9 Å². The van der Waals surface area contributed by atoms with E-state index in [2.05, 4.69) is 19.9 Å². The summed E-state index contributed by atoms with van der Waals surface area (Å²) in [5, 5.41) is 0.462. The molecule has 1 atom stereocenters. The minimum atomic E-state index is -0.183. The lowest BCUT2D eigenvalue weighted by molar-refractivity contribution is 0.0989. The van der Waals surface area contributed by atoms with E-state index in [1.54, 1.807) is 42.9 Å². The largest absolute Gasteiger partial charge is 0.397 e. The number of nitrogen functional groups attached to an aromatic ring is 1. The molecule has 8 heteroatoms. The van der Waals surface area contributed by atoms with Gasteiger partial charge in [-0.05, 0) is 43.2 Å². The van der Waals surface area contributed by atoms with Crippen molar-refractivity contribution in [1.29, 1.82) is 0 Å². The molecule has 0 saturated carbocycles. The van der Waals surface area contributed by atoms with Crippen molar-refractivity contribution < 1.29 is 4.79 Å². The molecule has 1 aliphatic heterocycles. The van der Waals surface area contributed by atoms with E-state index in [0.717, 1.165) is 37.2 Å². The molecule has 0 unspecified atom stereocenters. The van der Waals surface area contributed by atoms with Gasteiger partial charge < -0.3 is 16.4 Å². The van der Waals surface area contributed by atoms with Crippen molar-refractivity contribution >= 4 is 28.8 Å². The van der Waals surface area contributed by atoms with Crippen LogP contribution in [-0.2, 0) is 6.42 Å². The number of rotatable bonds is 5. The van der Waals surface area contributed by atoms with Crippen molar-refractivity contribution in [3.63, 3.8) is 0 Å². The molecule has 1 fully saturated rings. The van der Waals surface area contributed by atoms with E-state index in [4.69, 9.17) is 23.1 Å². The minimum Gasteiger partial charge on any atom is -0.397 e. The second-order valence-electron chi connectivity index (χ2n) is 7.42. The van der Waals surface area contributed by atoms with Crippen LogP contribution >= 0.6 is 11.6 Å². The molecule has 0 aliphatic carbocycles. The highest BCUT2D eigenvalue weighted by atomic mass is 35.5. The summed E-state index contributed by atoms with van der Waals surface area (Å²) in [6.07, 6.45) is 7.28. The van der Waals surface area contributed by atoms with Crippen molar-refractivity contribution in [3.8, 4) is 11.4 Å². The Labute approximate surface area is 180 Å². The smallest absolute Gasteiger partial charge is 0.187 e. The van der Waals surface area contributed by atoms with E-state index in [1.165, 1.54) is 0 Å². The molecule has 0 bridgehead atoms. The number of pyridine rings is 3. The van der Waals surface area contributed by atoms with E-state index >= 15 is 0 Å². The zero-order valence-corrected chi connectivity index (χ0v) is 17.2. The van der Waals surface area contributed by atoms with Crippen molar-refractivity contribution in [2.75, 3.05) is 23.7 Å². The van der Waals surface area contributed by atoms with Gasteiger partial charge >= 0.3 is 0 Å². The third kappa shape index (κ3) is 4.27. The van der Waals surface area contributed by atoms with Crippen molar-refractivity contribution in [2.24, 2.45) is 5.73 Å². The van der Waals surface area contributed by atoms with E-state index < -0.39 is 0 Å². The normalized spacial score (nSPS) is 16.5. The molecular weight excluding hydrogens is 400 g/mol. The molecule has 154 valence electrons. The molecule has 4 N–H and O–H groups in total. The molecule has 0 amide bonds. The number of anilines is 2. The van der Waals surface area contributed by atoms with Gasteiger partial charge in [0.1, 0.15) is 11.4 Å². The summed E-state index contributed by atoms with van der Waals surface area (Å²) in [5.41, 5.74) is 15.6. The van der Waals surface area contributed by atoms with Gasteiger partial charge in [0.15, 0.2) is 5.78 Å². The van der Waals surface area contributed by atoms with E-state index in [-0.39, 0.29) is 23.9 Å². The average molecular weight is 423 g/mol. The highest BCUT2D eigenvalue weighted by molar-refractivity contribution is 6.32. The Morgan fingerprint density at radius 2 is 2.10 bits per heavy atom. The number of hydrogen-bond acceptors (Lipinski definition) is 7. The molecular formula is C22H23ClN6O. The Hall–Kier alpha value is -3.03. The first kappa shape index (κ1) is 20.3. The summed E-state index contributed by atoms with van der Waals surface area (Å²) in [4.78, 5) is 28.3. The number of aromatic nitrogens is 3. The number of nitrogens with two attached hydrogens (primary N) is 2. The van der Waals surface area contributed by atoms with Gasteiger partial charge in [-0.15, -0.1) is 0 Å². The van der Waals surface area contributed by atoms with E-state index in [0.29, 0.717) is 22.1 Å². The first-order chi connectivity index (χ1) is 14.5. The number of halogens is 1.